The second-order valence-corrected chi connectivity index (χ2v) is 9.66. The standard InChI is InChI=1S/C13H21ClO2S/c1-8(17(14,15)16)2-13-11-4-9-3-10(6-11)7-12(13)5-9/h8-13H,2-7H2,1H3. The van der Waals surface area contributed by atoms with Crippen molar-refractivity contribution < 1.29 is 8.42 Å². The quantitative estimate of drug-likeness (QED) is 0.741. The Bertz CT molecular complexity index is 376. The third-order valence-corrected chi connectivity index (χ3v) is 7.57. The number of halogens is 1. The second-order valence-electron chi connectivity index (χ2n) is 6.62. The van der Waals surface area contributed by atoms with E-state index in [2.05, 4.69) is 0 Å². The van der Waals surface area contributed by atoms with Gasteiger partial charge in [-0.2, -0.15) is 0 Å². The Labute approximate surface area is 109 Å². The monoisotopic (exact) mass is 276 g/mol. The second kappa shape index (κ2) is 4.12. The largest absolute Gasteiger partial charge is 0.235 e. The van der Waals surface area contributed by atoms with Crippen LogP contribution in [0.15, 0.2) is 0 Å². The fourth-order valence-electron chi connectivity index (χ4n) is 4.92. The zero-order valence-electron chi connectivity index (χ0n) is 10.3. The summed E-state index contributed by atoms with van der Waals surface area (Å²) in [6.45, 7) is 1.77. The molecule has 0 amide bonds. The molecule has 1 unspecified atom stereocenters. The molecule has 4 rings (SSSR count). The summed E-state index contributed by atoms with van der Waals surface area (Å²) >= 11 is 0. The fourth-order valence-corrected chi connectivity index (χ4v) is 5.59. The van der Waals surface area contributed by atoms with E-state index in [0.717, 1.165) is 30.1 Å². The summed E-state index contributed by atoms with van der Waals surface area (Å²) in [5.74, 6) is 4.14. The molecule has 2 nitrogen and oxygen atoms in total. The molecule has 4 fully saturated rings. The van der Waals surface area contributed by atoms with Crippen molar-refractivity contribution in [3.63, 3.8) is 0 Å². The van der Waals surface area contributed by atoms with E-state index in [0.29, 0.717) is 5.92 Å². The third kappa shape index (κ3) is 2.25. The van der Waals surface area contributed by atoms with E-state index in [1.165, 1.54) is 32.1 Å². The zero-order valence-corrected chi connectivity index (χ0v) is 11.9. The average molecular weight is 277 g/mol. The summed E-state index contributed by atoms with van der Waals surface area (Å²) in [6, 6.07) is 0. The van der Waals surface area contributed by atoms with Gasteiger partial charge in [-0.25, -0.2) is 8.42 Å². The zero-order chi connectivity index (χ0) is 12.2. The predicted molar refractivity (Wildman–Crippen MR) is 69.4 cm³/mol. The minimum absolute atomic E-state index is 0.369. The van der Waals surface area contributed by atoms with Gasteiger partial charge in [0.05, 0.1) is 5.25 Å². The Balaban J connectivity index is 1.72. The van der Waals surface area contributed by atoms with Gasteiger partial charge in [-0.1, -0.05) is 0 Å². The molecule has 17 heavy (non-hydrogen) atoms. The summed E-state index contributed by atoms with van der Waals surface area (Å²) in [5, 5.41) is -0.369. The van der Waals surface area contributed by atoms with E-state index in [1.54, 1.807) is 6.92 Å². The van der Waals surface area contributed by atoms with Crippen molar-refractivity contribution in [2.45, 2.75) is 50.7 Å². The molecule has 0 saturated heterocycles. The van der Waals surface area contributed by atoms with Gasteiger partial charge in [-0.3, -0.25) is 0 Å². The molecule has 4 aliphatic rings. The maximum absolute atomic E-state index is 11.4. The molecule has 0 spiro atoms. The minimum atomic E-state index is -3.36. The van der Waals surface area contributed by atoms with E-state index in [9.17, 15) is 8.42 Å². The Hall–Kier alpha value is 0.240. The summed E-state index contributed by atoms with van der Waals surface area (Å²) in [5.41, 5.74) is 0. The van der Waals surface area contributed by atoms with E-state index >= 15 is 0 Å². The van der Waals surface area contributed by atoms with Crippen LogP contribution in [0.2, 0.25) is 0 Å². The Morgan fingerprint density at radius 3 is 1.94 bits per heavy atom. The van der Waals surface area contributed by atoms with Crippen molar-refractivity contribution in [3.8, 4) is 0 Å². The summed E-state index contributed by atoms with van der Waals surface area (Å²) in [7, 11) is 2.11. The topological polar surface area (TPSA) is 34.1 Å². The van der Waals surface area contributed by atoms with Gasteiger partial charge in [0, 0.05) is 10.7 Å². The van der Waals surface area contributed by atoms with Gasteiger partial charge in [0.2, 0.25) is 9.05 Å². The molecular formula is C13H21ClO2S. The van der Waals surface area contributed by atoms with Gasteiger partial charge in [0.15, 0.2) is 0 Å². The van der Waals surface area contributed by atoms with Crippen LogP contribution in [0.4, 0.5) is 0 Å². The lowest BCUT2D eigenvalue weighted by molar-refractivity contribution is -0.0394. The molecule has 4 bridgehead atoms. The van der Waals surface area contributed by atoms with E-state index in [4.69, 9.17) is 10.7 Å². The van der Waals surface area contributed by atoms with Gasteiger partial charge in [-0.05, 0) is 75.0 Å². The lowest BCUT2D eigenvalue weighted by Gasteiger charge is -2.55. The van der Waals surface area contributed by atoms with Crippen LogP contribution in [0.1, 0.15) is 45.4 Å². The van der Waals surface area contributed by atoms with E-state index in [-0.39, 0.29) is 5.25 Å². The number of hydrogen-bond donors (Lipinski definition) is 0. The summed E-state index contributed by atoms with van der Waals surface area (Å²) < 4.78 is 22.7. The molecule has 0 heterocycles. The first-order chi connectivity index (χ1) is 7.93. The maximum Gasteiger partial charge on any atom is 0.235 e. The van der Waals surface area contributed by atoms with Crippen LogP contribution < -0.4 is 0 Å². The number of rotatable bonds is 3. The van der Waals surface area contributed by atoms with Crippen molar-refractivity contribution in [2.75, 3.05) is 0 Å². The highest BCUT2D eigenvalue weighted by Gasteiger charge is 2.48. The summed E-state index contributed by atoms with van der Waals surface area (Å²) in [6.07, 6.45) is 7.66. The van der Waals surface area contributed by atoms with Crippen LogP contribution in [0.3, 0.4) is 0 Å². The van der Waals surface area contributed by atoms with Crippen LogP contribution in [0.25, 0.3) is 0 Å². The van der Waals surface area contributed by atoms with Crippen molar-refractivity contribution >= 4 is 19.7 Å². The van der Waals surface area contributed by atoms with Crippen molar-refractivity contribution in [3.05, 3.63) is 0 Å². The Kier molecular flexibility index (Phi) is 2.98. The highest BCUT2D eigenvalue weighted by molar-refractivity contribution is 8.14. The van der Waals surface area contributed by atoms with Crippen LogP contribution in [0, 0.1) is 29.6 Å². The van der Waals surface area contributed by atoms with Crippen LogP contribution in [0.5, 0.6) is 0 Å². The van der Waals surface area contributed by atoms with Crippen molar-refractivity contribution in [1.82, 2.24) is 0 Å². The molecule has 98 valence electrons. The van der Waals surface area contributed by atoms with E-state index < -0.39 is 9.05 Å². The smallest absolute Gasteiger partial charge is 0.212 e. The first-order valence-corrected chi connectivity index (χ1v) is 9.24. The normalized spacial score (nSPS) is 46.1. The first kappa shape index (κ1) is 12.3. The maximum atomic E-state index is 11.4. The third-order valence-electron chi connectivity index (χ3n) is 5.51. The highest BCUT2D eigenvalue weighted by atomic mass is 35.7. The van der Waals surface area contributed by atoms with Crippen LogP contribution in [-0.4, -0.2) is 13.7 Å². The molecule has 0 aromatic heterocycles. The van der Waals surface area contributed by atoms with Gasteiger partial charge in [0.1, 0.15) is 0 Å². The molecule has 4 aliphatic carbocycles. The predicted octanol–water partition coefficient (Wildman–Crippen LogP) is 3.41. The SMILES string of the molecule is CC(CC1C2CC3CC(C2)CC1C3)S(=O)(=O)Cl. The van der Waals surface area contributed by atoms with Crippen molar-refractivity contribution in [2.24, 2.45) is 29.6 Å². The van der Waals surface area contributed by atoms with Gasteiger partial charge in [-0.15, -0.1) is 0 Å². The molecular weight excluding hydrogens is 256 g/mol. The molecule has 0 aliphatic heterocycles. The lowest BCUT2D eigenvalue weighted by atomic mass is 9.51. The molecule has 4 saturated carbocycles. The minimum Gasteiger partial charge on any atom is -0.212 e. The van der Waals surface area contributed by atoms with Gasteiger partial charge < -0.3 is 0 Å². The molecule has 0 aromatic carbocycles. The number of hydrogen-bond acceptors (Lipinski definition) is 2. The highest BCUT2D eigenvalue weighted by Crippen LogP contribution is 2.57. The average Bonchev–Trinajstić information content (AvgIpc) is 2.20. The lowest BCUT2D eigenvalue weighted by Crippen LogP contribution is -2.46. The first-order valence-electron chi connectivity index (χ1n) is 6.87. The molecule has 4 heteroatoms. The van der Waals surface area contributed by atoms with Gasteiger partial charge >= 0.3 is 0 Å². The summed E-state index contributed by atoms with van der Waals surface area (Å²) in [4.78, 5) is 0. The van der Waals surface area contributed by atoms with Gasteiger partial charge in [0.25, 0.3) is 0 Å². The van der Waals surface area contributed by atoms with Crippen LogP contribution >= 0.6 is 10.7 Å². The molecule has 0 radical (unpaired) electrons. The fraction of sp³-hybridized carbons (Fsp3) is 1.00. The van der Waals surface area contributed by atoms with Crippen LogP contribution in [-0.2, 0) is 9.05 Å². The van der Waals surface area contributed by atoms with E-state index in [1.807, 2.05) is 0 Å². The Morgan fingerprint density at radius 1 is 1.06 bits per heavy atom. The molecule has 0 N–H and O–H groups in total. The Morgan fingerprint density at radius 2 is 1.53 bits per heavy atom. The van der Waals surface area contributed by atoms with Crippen molar-refractivity contribution in [1.29, 1.82) is 0 Å². The molecule has 1 atom stereocenters. The molecule has 0 aromatic rings.